The molecule has 2 aromatic carbocycles. The number of aromatic nitrogens is 2. The topological polar surface area (TPSA) is 69.3 Å². The first-order chi connectivity index (χ1) is 15.9. The highest BCUT2D eigenvalue weighted by atomic mass is 32.2. The van der Waals surface area contributed by atoms with Gasteiger partial charge in [-0.05, 0) is 49.9 Å². The molecule has 0 unspecified atom stereocenters. The number of carbonyl (C=O) groups excluding carboxylic acids is 2. The first kappa shape index (κ1) is 21.9. The highest BCUT2D eigenvalue weighted by molar-refractivity contribution is 7.99. The van der Waals surface area contributed by atoms with Crippen molar-refractivity contribution in [2.75, 3.05) is 18.8 Å². The van der Waals surface area contributed by atoms with Crippen LogP contribution in [0.15, 0.2) is 47.6 Å². The molecule has 1 aromatic heterocycles. The van der Waals surface area contributed by atoms with Crippen LogP contribution >= 0.6 is 11.8 Å². The van der Waals surface area contributed by atoms with E-state index in [2.05, 4.69) is 9.97 Å². The van der Waals surface area contributed by atoms with E-state index in [4.69, 9.17) is 0 Å². The molecule has 1 N–H and O–H groups in total. The molecule has 3 aromatic rings. The third-order valence-corrected chi connectivity index (χ3v) is 7.82. The van der Waals surface area contributed by atoms with Gasteiger partial charge < -0.3 is 14.8 Å². The number of imidazole rings is 1. The van der Waals surface area contributed by atoms with Crippen molar-refractivity contribution in [3.05, 3.63) is 59.4 Å². The third kappa shape index (κ3) is 4.36. The number of nitrogens with one attached hydrogen (secondary N) is 1. The predicted octanol–water partition coefficient (Wildman–Crippen LogP) is 4.29. The molecule has 0 saturated carbocycles. The Morgan fingerprint density at radius 3 is 2.76 bits per heavy atom. The molecule has 1 spiro atoms. The largest absolute Gasteiger partial charge is 0.342 e. The van der Waals surface area contributed by atoms with Crippen LogP contribution in [0, 0.1) is 12.7 Å². The lowest BCUT2D eigenvalue weighted by Crippen LogP contribution is -2.54. The maximum Gasteiger partial charge on any atom is 0.233 e. The van der Waals surface area contributed by atoms with E-state index in [0.717, 1.165) is 41.0 Å². The van der Waals surface area contributed by atoms with Crippen molar-refractivity contribution >= 4 is 34.6 Å². The normalized spacial score (nSPS) is 17.9. The van der Waals surface area contributed by atoms with Gasteiger partial charge in [0.05, 0.1) is 16.8 Å². The average molecular weight is 467 g/mol. The molecule has 33 heavy (non-hydrogen) atoms. The summed E-state index contributed by atoms with van der Waals surface area (Å²) in [4.78, 5) is 37.1. The molecule has 2 aliphatic rings. The maximum absolute atomic E-state index is 14.2. The number of thioether (sulfide) groups is 1. The molecular formula is C25H27FN4O2S. The SMILES string of the molecule is Cc1ccc2nc(SCC(=O)N3CCC4(CCC(=O)N4Cc4ccccc4F)CC3)[nH]c2c1. The summed E-state index contributed by atoms with van der Waals surface area (Å²) in [5, 5.41) is 0.745. The molecule has 2 fully saturated rings. The van der Waals surface area contributed by atoms with Crippen LogP contribution in [0.5, 0.6) is 0 Å². The summed E-state index contributed by atoms with van der Waals surface area (Å²) in [6.45, 7) is 3.55. The Labute approximate surface area is 196 Å². The van der Waals surface area contributed by atoms with Crippen LogP contribution in [0.25, 0.3) is 11.0 Å². The first-order valence-electron chi connectivity index (χ1n) is 11.3. The zero-order chi connectivity index (χ0) is 23.0. The molecule has 0 atom stereocenters. The van der Waals surface area contributed by atoms with Gasteiger partial charge >= 0.3 is 0 Å². The van der Waals surface area contributed by atoms with Crippen LogP contribution < -0.4 is 0 Å². The summed E-state index contributed by atoms with van der Waals surface area (Å²) in [5.41, 5.74) is 3.31. The minimum atomic E-state index is -0.280. The molecule has 8 heteroatoms. The Morgan fingerprint density at radius 2 is 1.97 bits per heavy atom. The van der Waals surface area contributed by atoms with Crippen LogP contribution in [0.4, 0.5) is 4.39 Å². The van der Waals surface area contributed by atoms with Gasteiger partial charge in [0.2, 0.25) is 11.8 Å². The number of H-pyrrole nitrogens is 1. The van der Waals surface area contributed by atoms with Gasteiger partial charge in [-0.2, -0.15) is 0 Å². The van der Waals surface area contributed by atoms with Crippen molar-refractivity contribution < 1.29 is 14.0 Å². The van der Waals surface area contributed by atoms with E-state index in [-0.39, 0.29) is 23.2 Å². The number of aryl methyl sites for hydroxylation is 1. The van der Waals surface area contributed by atoms with Gasteiger partial charge in [-0.3, -0.25) is 9.59 Å². The number of piperidine rings is 1. The second-order valence-electron chi connectivity index (χ2n) is 9.03. The van der Waals surface area contributed by atoms with E-state index in [0.29, 0.717) is 37.4 Å². The van der Waals surface area contributed by atoms with Crippen molar-refractivity contribution in [1.82, 2.24) is 19.8 Å². The van der Waals surface area contributed by atoms with Crippen LogP contribution in [0.2, 0.25) is 0 Å². The first-order valence-corrected chi connectivity index (χ1v) is 12.3. The number of benzene rings is 2. The number of nitrogens with zero attached hydrogens (tertiary/aromatic N) is 3. The number of amides is 2. The Morgan fingerprint density at radius 1 is 1.18 bits per heavy atom. The quantitative estimate of drug-likeness (QED) is 0.570. The van der Waals surface area contributed by atoms with Gasteiger partial charge in [0.1, 0.15) is 5.82 Å². The molecule has 2 saturated heterocycles. The van der Waals surface area contributed by atoms with E-state index in [1.54, 1.807) is 18.2 Å². The van der Waals surface area contributed by atoms with Crippen LogP contribution in [0.3, 0.4) is 0 Å². The molecule has 0 aliphatic carbocycles. The standard InChI is InChI=1S/C25H27FN4O2S/c1-17-6-7-20-21(14-17)28-24(27-20)33-16-23(32)29-12-10-25(11-13-29)9-8-22(31)30(25)15-18-4-2-3-5-19(18)26/h2-7,14H,8-13,15-16H2,1H3,(H,27,28). The van der Waals surface area contributed by atoms with Gasteiger partial charge in [-0.15, -0.1) is 0 Å². The number of hydrogen-bond donors (Lipinski definition) is 1. The zero-order valence-electron chi connectivity index (χ0n) is 18.6. The highest BCUT2D eigenvalue weighted by Gasteiger charge is 2.47. The number of halogens is 1. The fraction of sp³-hybridized carbons (Fsp3) is 0.400. The van der Waals surface area contributed by atoms with Gasteiger partial charge in [-0.25, -0.2) is 9.37 Å². The van der Waals surface area contributed by atoms with Crippen molar-refractivity contribution in [3.8, 4) is 0 Å². The minimum Gasteiger partial charge on any atom is -0.342 e. The number of hydrogen-bond acceptors (Lipinski definition) is 4. The van der Waals surface area contributed by atoms with Crippen molar-refractivity contribution in [2.45, 2.75) is 49.8 Å². The third-order valence-electron chi connectivity index (χ3n) is 6.96. The summed E-state index contributed by atoms with van der Waals surface area (Å²) in [7, 11) is 0. The summed E-state index contributed by atoms with van der Waals surface area (Å²) >= 11 is 1.42. The van der Waals surface area contributed by atoms with E-state index < -0.39 is 0 Å². The molecule has 172 valence electrons. The lowest BCUT2D eigenvalue weighted by Gasteiger charge is -2.45. The highest BCUT2D eigenvalue weighted by Crippen LogP contribution is 2.40. The Hall–Kier alpha value is -2.87. The number of likely N-dealkylation sites (tertiary alicyclic amines) is 2. The Balaban J connectivity index is 1.20. The summed E-state index contributed by atoms with van der Waals surface area (Å²) < 4.78 is 14.2. The zero-order valence-corrected chi connectivity index (χ0v) is 19.5. The number of fused-ring (bicyclic) bond motifs is 1. The van der Waals surface area contributed by atoms with E-state index >= 15 is 0 Å². The summed E-state index contributed by atoms with van der Waals surface area (Å²) in [6.07, 6.45) is 2.72. The number of aromatic amines is 1. The lowest BCUT2D eigenvalue weighted by molar-refractivity contribution is -0.135. The van der Waals surface area contributed by atoms with Gasteiger partial charge in [0.15, 0.2) is 5.16 Å². The molecule has 0 bridgehead atoms. The summed E-state index contributed by atoms with van der Waals surface area (Å²) in [6, 6.07) is 12.7. The fourth-order valence-electron chi connectivity index (χ4n) is 5.01. The lowest BCUT2D eigenvalue weighted by atomic mass is 9.84. The predicted molar refractivity (Wildman–Crippen MR) is 126 cm³/mol. The van der Waals surface area contributed by atoms with Crippen molar-refractivity contribution in [2.24, 2.45) is 0 Å². The second kappa shape index (κ2) is 8.82. The van der Waals surface area contributed by atoms with E-state index in [1.165, 1.54) is 17.8 Å². The number of rotatable bonds is 5. The molecule has 5 rings (SSSR count). The van der Waals surface area contributed by atoms with Crippen molar-refractivity contribution in [3.63, 3.8) is 0 Å². The Kier molecular flexibility index (Phi) is 5.86. The maximum atomic E-state index is 14.2. The minimum absolute atomic E-state index is 0.0775. The van der Waals surface area contributed by atoms with E-state index in [1.807, 2.05) is 34.9 Å². The van der Waals surface area contributed by atoms with Crippen LogP contribution in [-0.4, -0.2) is 56.0 Å². The van der Waals surface area contributed by atoms with Crippen LogP contribution in [0.1, 0.15) is 36.8 Å². The van der Waals surface area contributed by atoms with Gasteiger partial charge in [-0.1, -0.05) is 36.0 Å². The molecule has 0 radical (unpaired) electrons. The number of carbonyl (C=O) groups is 2. The monoisotopic (exact) mass is 466 g/mol. The van der Waals surface area contributed by atoms with Gasteiger partial charge in [0.25, 0.3) is 0 Å². The van der Waals surface area contributed by atoms with Gasteiger partial charge in [0, 0.05) is 37.2 Å². The molecule has 6 nitrogen and oxygen atoms in total. The molecule has 2 aliphatic heterocycles. The van der Waals surface area contributed by atoms with Crippen molar-refractivity contribution in [1.29, 1.82) is 0 Å². The molecule has 3 heterocycles. The Bertz CT molecular complexity index is 1200. The molecular weight excluding hydrogens is 439 g/mol. The summed E-state index contributed by atoms with van der Waals surface area (Å²) in [5.74, 6) is 0.201. The van der Waals surface area contributed by atoms with E-state index in [9.17, 15) is 14.0 Å². The van der Waals surface area contributed by atoms with Crippen LogP contribution in [-0.2, 0) is 16.1 Å². The smallest absolute Gasteiger partial charge is 0.233 e. The fourth-order valence-corrected chi connectivity index (χ4v) is 5.80. The second-order valence-corrected chi connectivity index (χ2v) is 9.99. The average Bonchev–Trinajstić information content (AvgIpc) is 3.35. The molecule has 2 amide bonds.